The monoisotopic (exact) mass is 558 g/mol. The number of aromatic nitrogens is 1. The maximum Gasteiger partial charge on any atom is 0.255 e. The molecule has 0 fully saturated rings. The number of hydrogen-bond donors (Lipinski definition) is 1. The number of hydrazone groups is 1. The third-order valence-corrected chi connectivity index (χ3v) is 8.48. The lowest BCUT2D eigenvalue weighted by Crippen LogP contribution is -2.39. The second-order valence-electron chi connectivity index (χ2n) is 9.68. The molecule has 1 amide bonds. The molecule has 0 saturated heterocycles. The Morgan fingerprint density at radius 2 is 1.68 bits per heavy atom. The van der Waals surface area contributed by atoms with Crippen molar-refractivity contribution < 1.29 is 17.9 Å². The highest BCUT2D eigenvalue weighted by Crippen LogP contribution is 2.24. The summed E-state index contributed by atoms with van der Waals surface area (Å²) in [6.07, 6.45) is 1.58. The molecule has 8 nitrogen and oxygen atoms in total. The summed E-state index contributed by atoms with van der Waals surface area (Å²) in [6, 6.07) is 23.5. The summed E-state index contributed by atoms with van der Waals surface area (Å²) >= 11 is 0. The van der Waals surface area contributed by atoms with Gasteiger partial charge in [0, 0.05) is 29.2 Å². The minimum atomic E-state index is -3.98. The molecule has 0 aliphatic carbocycles. The van der Waals surface area contributed by atoms with Crippen molar-refractivity contribution in [2.45, 2.75) is 39.1 Å². The first-order valence-electron chi connectivity index (χ1n) is 12.9. The van der Waals surface area contributed by atoms with E-state index in [-0.39, 0.29) is 11.4 Å². The Morgan fingerprint density at radius 3 is 2.33 bits per heavy atom. The van der Waals surface area contributed by atoms with Crippen LogP contribution in [0.1, 0.15) is 33.6 Å². The lowest BCUT2D eigenvalue weighted by Gasteiger charge is -2.21. The molecule has 208 valence electrons. The standard InChI is InChI=1S/C31H34N4O4S/c1-22-11-16-30(23(2)17-22)35-24(3)18-27(25(35)4)19-32-33-31(36)21-34(20-26-9-7-6-8-10-26)40(37,38)29-14-12-28(39-5)13-15-29/h6-19H,20-21H2,1-5H3,(H,33,36)/b32-19+. The van der Waals surface area contributed by atoms with Crippen LogP contribution in [0.5, 0.6) is 5.75 Å². The number of carbonyl (C=O) groups excluding carboxylic acids is 1. The summed E-state index contributed by atoms with van der Waals surface area (Å²) in [6.45, 7) is 7.80. The molecule has 40 heavy (non-hydrogen) atoms. The highest BCUT2D eigenvalue weighted by atomic mass is 32.2. The third kappa shape index (κ3) is 6.50. The van der Waals surface area contributed by atoms with Gasteiger partial charge < -0.3 is 9.30 Å². The maximum atomic E-state index is 13.5. The molecule has 4 aromatic rings. The second kappa shape index (κ2) is 12.3. The van der Waals surface area contributed by atoms with Crippen molar-refractivity contribution in [3.05, 3.63) is 113 Å². The van der Waals surface area contributed by atoms with Crippen LogP contribution in [-0.2, 0) is 21.4 Å². The van der Waals surface area contributed by atoms with Crippen molar-refractivity contribution in [2.24, 2.45) is 5.10 Å². The fourth-order valence-electron chi connectivity index (χ4n) is 4.62. The minimum absolute atomic E-state index is 0.0311. The average molecular weight is 559 g/mol. The first-order chi connectivity index (χ1) is 19.1. The van der Waals surface area contributed by atoms with Gasteiger partial charge in [-0.1, -0.05) is 48.0 Å². The molecule has 0 aliphatic heterocycles. The van der Waals surface area contributed by atoms with Crippen LogP contribution >= 0.6 is 0 Å². The van der Waals surface area contributed by atoms with Crippen LogP contribution < -0.4 is 10.2 Å². The van der Waals surface area contributed by atoms with E-state index in [1.807, 2.05) is 50.2 Å². The van der Waals surface area contributed by atoms with Gasteiger partial charge in [-0.15, -0.1) is 0 Å². The predicted octanol–water partition coefficient (Wildman–Crippen LogP) is 5.06. The van der Waals surface area contributed by atoms with Crippen molar-refractivity contribution in [1.29, 1.82) is 0 Å². The molecule has 0 spiro atoms. The number of sulfonamides is 1. The zero-order valence-electron chi connectivity index (χ0n) is 23.4. The molecule has 0 unspecified atom stereocenters. The molecule has 0 radical (unpaired) electrons. The van der Waals surface area contributed by atoms with E-state index in [2.05, 4.69) is 47.1 Å². The number of carbonyl (C=O) groups is 1. The Kier molecular flexibility index (Phi) is 8.86. The highest BCUT2D eigenvalue weighted by Gasteiger charge is 2.27. The fraction of sp³-hybridized carbons (Fsp3) is 0.226. The van der Waals surface area contributed by atoms with Gasteiger partial charge in [-0.05, 0) is 75.2 Å². The number of rotatable bonds is 10. The zero-order chi connectivity index (χ0) is 28.9. The number of nitrogens with zero attached hydrogens (tertiary/aromatic N) is 3. The lowest BCUT2D eigenvalue weighted by molar-refractivity contribution is -0.121. The van der Waals surface area contributed by atoms with Gasteiger partial charge in [-0.3, -0.25) is 4.79 Å². The minimum Gasteiger partial charge on any atom is -0.497 e. The van der Waals surface area contributed by atoms with Gasteiger partial charge >= 0.3 is 0 Å². The Hall–Kier alpha value is -4.21. The lowest BCUT2D eigenvalue weighted by atomic mass is 10.1. The molecule has 1 aromatic heterocycles. The molecule has 0 atom stereocenters. The van der Waals surface area contributed by atoms with Crippen molar-refractivity contribution in [1.82, 2.24) is 14.3 Å². The van der Waals surface area contributed by atoms with Crippen LogP contribution in [0.25, 0.3) is 5.69 Å². The van der Waals surface area contributed by atoms with Crippen molar-refractivity contribution >= 4 is 22.1 Å². The first-order valence-corrected chi connectivity index (χ1v) is 14.3. The zero-order valence-corrected chi connectivity index (χ0v) is 24.2. The number of ether oxygens (including phenoxy) is 1. The SMILES string of the molecule is COc1ccc(S(=O)(=O)N(CC(=O)N/N=C/c2cc(C)n(-c3ccc(C)cc3C)c2C)Cc2ccccc2)cc1. The first kappa shape index (κ1) is 28.8. The van der Waals surface area contributed by atoms with Crippen LogP contribution in [0.15, 0.2) is 88.9 Å². The Balaban J connectivity index is 1.52. The second-order valence-corrected chi connectivity index (χ2v) is 11.6. The largest absolute Gasteiger partial charge is 0.497 e. The Morgan fingerprint density at radius 1 is 0.975 bits per heavy atom. The number of aryl methyl sites for hydroxylation is 3. The van der Waals surface area contributed by atoms with E-state index in [4.69, 9.17) is 4.74 Å². The van der Waals surface area contributed by atoms with Crippen LogP contribution in [0.4, 0.5) is 0 Å². The normalized spacial score (nSPS) is 11.8. The molecule has 0 aliphatic rings. The summed E-state index contributed by atoms with van der Waals surface area (Å²) in [7, 11) is -2.47. The van der Waals surface area contributed by atoms with Crippen LogP contribution in [0.2, 0.25) is 0 Å². The third-order valence-electron chi connectivity index (χ3n) is 6.68. The van der Waals surface area contributed by atoms with E-state index in [0.717, 1.165) is 38.1 Å². The smallest absolute Gasteiger partial charge is 0.255 e. The summed E-state index contributed by atoms with van der Waals surface area (Å²) in [5, 5.41) is 4.15. The topological polar surface area (TPSA) is 93.0 Å². The number of methoxy groups -OCH3 is 1. The quantitative estimate of drug-likeness (QED) is 0.218. The van der Waals surface area contributed by atoms with Gasteiger partial charge in [0.15, 0.2) is 0 Å². The Labute approximate surface area is 236 Å². The molecule has 0 saturated carbocycles. The van der Waals surface area contributed by atoms with Gasteiger partial charge in [-0.2, -0.15) is 9.41 Å². The number of hydrogen-bond acceptors (Lipinski definition) is 5. The summed E-state index contributed by atoms with van der Waals surface area (Å²) in [5.41, 5.74) is 9.58. The Bertz CT molecular complexity index is 1630. The van der Waals surface area contributed by atoms with Crippen LogP contribution in [0.3, 0.4) is 0 Å². The molecule has 3 aromatic carbocycles. The van der Waals surface area contributed by atoms with E-state index in [0.29, 0.717) is 5.75 Å². The van der Waals surface area contributed by atoms with Gasteiger partial charge in [0.2, 0.25) is 10.0 Å². The van der Waals surface area contributed by atoms with E-state index in [1.165, 1.54) is 24.8 Å². The van der Waals surface area contributed by atoms with Crippen molar-refractivity contribution in [2.75, 3.05) is 13.7 Å². The van der Waals surface area contributed by atoms with Gasteiger partial charge in [0.05, 0.1) is 24.8 Å². The summed E-state index contributed by atoms with van der Waals surface area (Å²) in [4.78, 5) is 13.0. The molecule has 1 N–H and O–H groups in total. The van der Waals surface area contributed by atoms with Gasteiger partial charge in [-0.25, -0.2) is 13.8 Å². The highest BCUT2D eigenvalue weighted by molar-refractivity contribution is 7.89. The predicted molar refractivity (Wildman–Crippen MR) is 157 cm³/mol. The van der Waals surface area contributed by atoms with Crippen molar-refractivity contribution in [3.8, 4) is 11.4 Å². The molecule has 9 heteroatoms. The molecule has 1 heterocycles. The summed E-state index contributed by atoms with van der Waals surface area (Å²) < 4.78 is 35.4. The van der Waals surface area contributed by atoms with Crippen LogP contribution in [-0.4, -0.2) is 43.1 Å². The number of amides is 1. The molecular formula is C31H34N4O4S. The van der Waals surface area contributed by atoms with E-state index in [9.17, 15) is 13.2 Å². The van der Waals surface area contributed by atoms with Gasteiger partial charge in [0.1, 0.15) is 5.75 Å². The molecule has 0 bridgehead atoms. The van der Waals surface area contributed by atoms with E-state index >= 15 is 0 Å². The summed E-state index contributed by atoms with van der Waals surface area (Å²) in [5.74, 6) is -0.00926. The maximum absolute atomic E-state index is 13.5. The van der Waals surface area contributed by atoms with E-state index < -0.39 is 22.5 Å². The van der Waals surface area contributed by atoms with Gasteiger partial charge in [0.25, 0.3) is 5.91 Å². The number of benzene rings is 3. The van der Waals surface area contributed by atoms with Crippen molar-refractivity contribution in [3.63, 3.8) is 0 Å². The molecule has 4 rings (SSSR count). The van der Waals surface area contributed by atoms with E-state index in [1.54, 1.807) is 18.3 Å². The molecular weight excluding hydrogens is 524 g/mol. The van der Waals surface area contributed by atoms with Crippen LogP contribution in [0, 0.1) is 27.7 Å². The average Bonchev–Trinajstić information content (AvgIpc) is 3.21. The number of nitrogens with one attached hydrogen (secondary N) is 1. The fourth-order valence-corrected chi connectivity index (χ4v) is 6.01.